The number of nitrogens with one attached hydrogen (secondary N) is 1. The first kappa shape index (κ1) is 16.0. The standard InChI is InChI=1S/C17H27NO3/c1-6-12(2)10-19-14-8-16-15(20-11-21-16)7-13(14)9-18-17(3,4)5/h7-8,12,18H,6,9-11H2,1-5H3. The fourth-order valence-corrected chi connectivity index (χ4v) is 1.95. The molecule has 0 saturated heterocycles. The summed E-state index contributed by atoms with van der Waals surface area (Å²) in [6.07, 6.45) is 1.11. The SMILES string of the molecule is CCC(C)COc1cc2c(cc1CNC(C)(C)C)OCO2. The topological polar surface area (TPSA) is 39.7 Å². The number of ether oxygens (including phenoxy) is 3. The zero-order chi connectivity index (χ0) is 15.5. The predicted molar refractivity (Wildman–Crippen MR) is 84.1 cm³/mol. The molecule has 0 radical (unpaired) electrons. The Morgan fingerprint density at radius 1 is 1.24 bits per heavy atom. The summed E-state index contributed by atoms with van der Waals surface area (Å²) in [5.41, 5.74) is 1.17. The van der Waals surface area contributed by atoms with Crippen LogP contribution >= 0.6 is 0 Å². The van der Waals surface area contributed by atoms with Gasteiger partial charge in [0.2, 0.25) is 6.79 Å². The Labute approximate surface area is 127 Å². The third kappa shape index (κ3) is 4.53. The van der Waals surface area contributed by atoms with Crippen LogP contribution in [0.1, 0.15) is 46.6 Å². The van der Waals surface area contributed by atoms with Gasteiger partial charge in [-0.2, -0.15) is 0 Å². The van der Waals surface area contributed by atoms with E-state index in [4.69, 9.17) is 14.2 Å². The van der Waals surface area contributed by atoms with Gasteiger partial charge in [-0.25, -0.2) is 0 Å². The molecule has 1 aromatic rings. The van der Waals surface area contributed by atoms with Crippen molar-refractivity contribution in [2.45, 2.75) is 53.1 Å². The number of fused-ring (bicyclic) bond motifs is 1. The minimum atomic E-state index is 0.0599. The van der Waals surface area contributed by atoms with Gasteiger partial charge in [-0.15, -0.1) is 0 Å². The molecule has 1 aliphatic rings. The van der Waals surface area contributed by atoms with Crippen molar-refractivity contribution in [3.8, 4) is 17.2 Å². The van der Waals surface area contributed by atoms with Crippen molar-refractivity contribution in [2.24, 2.45) is 5.92 Å². The molecule has 0 aromatic heterocycles. The average molecular weight is 293 g/mol. The average Bonchev–Trinajstić information content (AvgIpc) is 2.87. The molecular weight excluding hydrogens is 266 g/mol. The summed E-state index contributed by atoms with van der Waals surface area (Å²) in [5, 5.41) is 3.49. The van der Waals surface area contributed by atoms with Crippen LogP contribution in [0.3, 0.4) is 0 Å². The van der Waals surface area contributed by atoms with Gasteiger partial charge in [-0.3, -0.25) is 0 Å². The Morgan fingerprint density at radius 2 is 1.90 bits per heavy atom. The summed E-state index contributed by atoms with van der Waals surface area (Å²) in [4.78, 5) is 0. The molecule has 1 aliphatic heterocycles. The molecule has 0 saturated carbocycles. The van der Waals surface area contributed by atoms with Gasteiger partial charge in [0.15, 0.2) is 11.5 Å². The highest BCUT2D eigenvalue weighted by atomic mass is 16.7. The highest BCUT2D eigenvalue weighted by molar-refractivity contribution is 5.51. The number of rotatable bonds is 6. The highest BCUT2D eigenvalue weighted by Crippen LogP contribution is 2.38. The van der Waals surface area contributed by atoms with Gasteiger partial charge < -0.3 is 19.5 Å². The van der Waals surface area contributed by atoms with Crippen molar-refractivity contribution in [3.63, 3.8) is 0 Å². The van der Waals surface area contributed by atoms with E-state index < -0.39 is 0 Å². The maximum absolute atomic E-state index is 6.00. The zero-order valence-electron chi connectivity index (χ0n) is 13.8. The van der Waals surface area contributed by atoms with Gasteiger partial charge in [-0.05, 0) is 32.8 Å². The van der Waals surface area contributed by atoms with Crippen molar-refractivity contribution in [1.82, 2.24) is 5.32 Å². The van der Waals surface area contributed by atoms with Crippen LogP contribution in [0, 0.1) is 5.92 Å². The molecule has 21 heavy (non-hydrogen) atoms. The van der Waals surface area contributed by atoms with Crippen LogP contribution in [0.4, 0.5) is 0 Å². The van der Waals surface area contributed by atoms with Gasteiger partial charge in [0.1, 0.15) is 5.75 Å². The van der Waals surface area contributed by atoms with Crippen molar-refractivity contribution in [3.05, 3.63) is 17.7 Å². The molecule has 1 N–H and O–H groups in total. The number of hydrogen-bond donors (Lipinski definition) is 1. The molecule has 1 atom stereocenters. The molecule has 4 heteroatoms. The Hall–Kier alpha value is -1.42. The van der Waals surface area contributed by atoms with E-state index in [-0.39, 0.29) is 12.3 Å². The molecule has 0 bridgehead atoms. The summed E-state index contributed by atoms with van der Waals surface area (Å²) >= 11 is 0. The summed E-state index contributed by atoms with van der Waals surface area (Å²) < 4.78 is 16.9. The molecule has 4 nitrogen and oxygen atoms in total. The van der Waals surface area contributed by atoms with Gasteiger partial charge >= 0.3 is 0 Å². The monoisotopic (exact) mass is 293 g/mol. The lowest BCUT2D eigenvalue weighted by atomic mass is 10.1. The number of hydrogen-bond acceptors (Lipinski definition) is 4. The Bertz CT molecular complexity index is 480. The van der Waals surface area contributed by atoms with Gasteiger partial charge in [0.25, 0.3) is 0 Å². The van der Waals surface area contributed by atoms with E-state index in [0.29, 0.717) is 5.92 Å². The van der Waals surface area contributed by atoms with Crippen molar-refractivity contribution in [1.29, 1.82) is 0 Å². The van der Waals surface area contributed by atoms with Crippen LogP contribution in [0.15, 0.2) is 12.1 Å². The lowest BCUT2D eigenvalue weighted by molar-refractivity contribution is 0.173. The van der Waals surface area contributed by atoms with Crippen LogP contribution in [-0.4, -0.2) is 18.9 Å². The summed E-state index contributed by atoms with van der Waals surface area (Å²) in [6, 6.07) is 3.97. The van der Waals surface area contributed by atoms with E-state index in [0.717, 1.165) is 42.4 Å². The molecule has 2 rings (SSSR count). The van der Waals surface area contributed by atoms with Crippen molar-refractivity contribution in [2.75, 3.05) is 13.4 Å². The smallest absolute Gasteiger partial charge is 0.231 e. The molecule has 0 aliphatic carbocycles. The largest absolute Gasteiger partial charge is 0.493 e. The van der Waals surface area contributed by atoms with E-state index >= 15 is 0 Å². The van der Waals surface area contributed by atoms with Crippen molar-refractivity contribution < 1.29 is 14.2 Å². The van der Waals surface area contributed by atoms with Crippen LogP contribution in [-0.2, 0) is 6.54 Å². The molecule has 0 fully saturated rings. The molecule has 0 amide bonds. The van der Waals surface area contributed by atoms with Gasteiger partial charge in [-0.1, -0.05) is 20.3 Å². The first-order valence-corrected chi connectivity index (χ1v) is 7.69. The van der Waals surface area contributed by atoms with Crippen LogP contribution in [0.5, 0.6) is 17.2 Å². The Morgan fingerprint density at radius 3 is 2.52 bits per heavy atom. The van der Waals surface area contributed by atoms with E-state index in [2.05, 4.69) is 39.9 Å². The second-order valence-electron chi connectivity index (χ2n) is 6.74. The summed E-state index contributed by atoms with van der Waals surface area (Å²) in [7, 11) is 0. The van der Waals surface area contributed by atoms with Gasteiger partial charge in [0.05, 0.1) is 6.61 Å². The molecule has 1 aromatic carbocycles. The normalized spacial score (nSPS) is 15.1. The Balaban J connectivity index is 2.15. The molecule has 118 valence electrons. The summed E-state index contributed by atoms with van der Waals surface area (Å²) in [6.45, 7) is 12.6. The first-order valence-electron chi connectivity index (χ1n) is 7.69. The second kappa shape index (κ2) is 6.56. The maximum atomic E-state index is 6.00. The van der Waals surface area contributed by atoms with Crippen LogP contribution < -0.4 is 19.5 Å². The predicted octanol–water partition coefficient (Wildman–Crippen LogP) is 3.73. The van der Waals surface area contributed by atoms with Crippen molar-refractivity contribution >= 4 is 0 Å². The fraction of sp³-hybridized carbons (Fsp3) is 0.647. The van der Waals surface area contributed by atoms with Gasteiger partial charge in [0, 0.05) is 23.7 Å². The Kier molecular flexibility index (Phi) is 4.99. The van der Waals surface area contributed by atoms with E-state index in [9.17, 15) is 0 Å². The van der Waals surface area contributed by atoms with Crippen LogP contribution in [0.25, 0.3) is 0 Å². The molecule has 0 spiro atoms. The molecule has 1 heterocycles. The third-order valence-corrected chi connectivity index (χ3v) is 3.59. The fourth-order valence-electron chi connectivity index (χ4n) is 1.95. The minimum Gasteiger partial charge on any atom is -0.493 e. The van der Waals surface area contributed by atoms with E-state index in [1.54, 1.807) is 0 Å². The van der Waals surface area contributed by atoms with E-state index in [1.165, 1.54) is 0 Å². The second-order valence-corrected chi connectivity index (χ2v) is 6.74. The lowest BCUT2D eigenvalue weighted by Crippen LogP contribution is -2.35. The minimum absolute atomic E-state index is 0.0599. The third-order valence-electron chi connectivity index (χ3n) is 3.59. The number of benzene rings is 1. The highest BCUT2D eigenvalue weighted by Gasteiger charge is 2.19. The quantitative estimate of drug-likeness (QED) is 0.867. The van der Waals surface area contributed by atoms with E-state index in [1.807, 2.05) is 12.1 Å². The molecule has 1 unspecified atom stereocenters. The summed E-state index contributed by atoms with van der Waals surface area (Å²) in [5.74, 6) is 3.00. The lowest BCUT2D eigenvalue weighted by Gasteiger charge is -2.22. The molecular formula is C17H27NO3. The maximum Gasteiger partial charge on any atom is 0.231 e. The first-order chi connectivity index (χ1) is 9.89. The van der Waals surface area contributed by atoms with Crippen LogP contribution in [0.2, 0.25) is 0 Å². The zero-order valence-corrected chi connectivity index (χ0v) is 13.8.